The van der Waals surface area contributed by atoms with Crippen molar-refractivity contribution in [3.05, 3.63) is 0 Å². The van der Waals surface area contributed by atoms with Crippen molar-refractivity contribution in [3.63, 3.8) is 0 Å². The van der Waals surface area contributed by atoms with E-state index in [4.69, 9.17) is 9.47 Å². The van der Waals surface area contributed by atoms with Gasteiger partial charge in [0, 0.05) is 13.2 Å². The zero-order valence-corrected chi connectivity index (χ0v) is 10.2. The van der Waals surface area contributed by atoms with Crippen LogP contribution in [0, 0.1) is 0 Å². The first kappa shape index (κ1) is 12.3. The SMILES string of the molecule is C1CCC(CCNCCC2CCCO2)OC1. The molecule has 0 saturated carbocycles. The fraction of sp³-hybridized carbons (Fsp3) is 1.00. The summed E-state index contributed by atoms with van der Waals surface area (Å²) in [6.45, 7) is 4.13. The van der Waals surface area contributed by atoms with Gasteiger partial charge in [-0.25, -0.2) is 0 Å². The molecule has 0 radical (unpaired) electrons. The molecule has 3 heteroatoms. The normalized spacial score (nSPS) is 30.8. The molecule has 2 heterocycles. The van der Waals surface area contributed by atoms with E-state index in [1.807, 2.05) is 0 Å². The van der Waals surface area contributed by atoms with Gasteiger partial charge in [-0.05, 0) is 58.0 Å². The maximum atomic E-state index is 5.69. The molecule has 2 aliphatic heterocycles. The van der Waals surface area contributed by atoms with Crippen molar-refractivity contribution in [2.75, 3.05) is 26.3 Å². The molecule has 0 bridgehead atoms. The lowest BCUT2D eigenvalue weighted by Gasteiger charge is -2.22. The second-order valence-corrected chi connectivity index (χ2v) is 4.95. The van der Waals surface area contributed by atoms with Crippen LogP contribution in [0.2, 0.25) is 0 Å². The maximum Gasteiger partial charge on any atom is 0.0588 e. The van der Waals surface area contributed by atoms with Gasteiger partial charge in [-0.15, -0.1) is 0 Å². The third kappa shape index (κ3) is 4.40. The highest BCUT2D eigenvalue weighted by atomic mass is 16.5. The van der Waals surface area contributed by atoms with Gasteiger partial charge in [-0.2, -0.15) is 0 Å². The van der Waals surface area contributed by atoms with Crippen molar-refractivity contribution < 1.29 is 9.47 Å². The summed E-state index contributed by atoms with van der Waals surface area (Å²) in [5.74, 6) is 0. The topological polar surface area (TPSA) is 30.5 Å². The Hall–Kier alpha value is -0.120. The number of nitrogens with one attached hydrogen (secondary N) is 1. The highest BCUT2D eigenvalue weighted by molar-refractivity contribution is 4.68. The molecule has 3 nitrogen and oxygen atoms in total. The average Bonchev–Trinajstić information content (AvgIpc) is 2.83. The second-order valence-electron chi connectivity index (χ2n) is 4.95. The van der Waals surface area contributed by atoms with E-state index >= 15 is 0 Å². The average molecular weight is 227 g/mol. The van der Waals surface area contributed by atoms with Gasteiger partial charge in [0.05, 0.1) is 12.2 Å². The van der Waals surface area contributed by atoms with Crippen LogP contribution < -0.4 is 5.32 Å². The number of rotatable bonds is 6. The number of ether oxygens (including phenoxy) is 2. The first-order chi connectivity index (χ1) is 7.95. The molecule has 2 unspecified atom stereocenters. The Morgan fingerprint density at radius 1 is 0.812 bits per heavy atom. The molecule has 0 aromatic carbocycles. The van der Waals surface area contributed by atoms with E-state index in [1.165, 1.54) is 44.9 Å². The molecular weight excluding hydrogens is 202 g/mol. The lowest BCUT2D eigenvalue weighted by Crippen LogP contribution is -2.27. The first-order valence-electron chi connectivity index (χ1n) is 6.89. The molecular formula is C13H25NO2. The summed E-state index contributed by atoms with van der Waals surface area (Å²) < 4.78 is 11.3. The minimum atomic E-state index is 0.518. The predicted octanol–water partition coefficient (Wildman–Crippen LogP) is 2.10. The van der Waals surface area contributed by atoms with Gasteiger partial charge < -0.3 is 14.8 Å². The van der Waals surface area contributed by atoms with Crippen molar-refractivity contribution in [2.45, 2.75) is 57.2 Å². The van der Waals surface area contributed by atoms with Gasteiger partial charge in [-0.1, -0.05) is 0 Å². The zero-order valence-electron chi connectivity index (χ0n) is 10.2. The van der Waals surface area contributed by atoms with Gasteiger partial charge in [0.2, 0.25) is 0 Å². The molecule has 0 spiro atoms. The van der Waals surface area contributed by atoms with E-state index < -0.39 is 0 Å². The summed E-state index contributed by atoms with van der Waals surface area (Å²) in [5, 5.41) is 3.50. The molecule has 1 N–H and O–H groups in total. The monoisotopic (exact) mass is 227 g/mol. The molecule has 16 heavy (non-hydrogen) atoms. The van der Waals surface area contributed by atoms with Crippen LogP contribution in [-0.4, -0.2) is 38.5 Å². The molecule has 2 saturated heterocycles. The Balaban J connectivity index is 1.42. The Bertz CT molecular complexity index is 175. The standard InChI is InChI=1S/C13H25NO2/c1-2-10-15-12(4-1)6-8-14-9-7-13-5-3-11-16-13/h12-14H,1-11H2. The predicted molar refractivity (Wildman–Crippen MR) is 64.7 cm³/mol. The summed E-state index contributed by atoms with van der Waals surface area (Å²) in [4.78, 5) is 0. The molecule has 2 fully saturated rings. The second kappa shape index (κ2) is 7.25. The van der Waals surface area contributed by atoms with E-state index in [-0.39, 0.29) is 0 Å². The third-order valence-corrected chi connectivity index (χ3v) is 3.58. The molecule has 2 rings (SSSR count). The van der Waals surface area contributed by atoms with E-state index in [1.54, 1.807) is 0 Å². The molecule has 0 amide bonds. The summed E-state index contributed by atoms with van der Waals surface area (Å²) in [6, 6.07) is 0. The van der Waals surface area contributed by atoms with Crippen molar-refractivity contribution in [1.29, 1.82) is 0 Å². The highest BCUT2D eigenvalue weighted by Gasteiger charge is 2.15. The van der Waals surface area contributed by atoms with E-state index in [2.05, 4.69) is 5.32 Å². The smallest absolute Gasteiger partial charge is 0.0588 e. The molecule has 0 aromatic heterocycles. The van der Waals surface area contributed by atoms with Crippen LogP contribution in [-0.2, 0) is 9.47 Å². The van der Waals surface area contributed by atoms with Crippen LogP contribution in [0.15, 0.2) is 0 Å². The summed E-state index contributed by atoms with van der Waals surface area (Å²) in [7, 11) is 0. The number of hydrogen-bond donors (Lipinski definition) is 1. The van der Waals surface area contributed by atoms with Crippen molar-refractivity contribution in [1.82, 2.24) is 5.32 Å². The van der Waals surface area contributed by atoms with Crippen LogP contribution >= 0.6 is 0 Å². The van der Waals surface area contributed by atoms with E-state index in [0.29, 0.717) is 12.2 Å². The maximum absolute atomic E-state index is 5.69. The Labute approximate surface area is 98.9 Å². The largest absolute Gasteiger partial charge is 0.378 e. The van der Waals surface area contributed by atoms with Crippen molar-refractivity contribution in [3.8, 4) is 0 Å². The van der Waals surface area contributed by atoms with Gasteiger partial charge in [0.25, 0.3) is 0 Å². The molecule has 2 atom stereocenters. The first-order valence-corrected chi connectivity index (χ1v) is 6.89. The summed E-state index contributed by atoms with van der Waals surface area (Å²) in [6.07, 6.45) is 9.75. The Kier molecular flexibility index (Phi) is 5.59. The fourth-order valence-corrected chi connectivity index (χ4v) is 2.56. The molecule has 2 aliphatic rings. The minimum absolute atomic E-state index is 0.518. The third-order valence-electron chi connectivity index (χ3n) is 3.58. The Morgan fingerprint density at radius 2 is 1.44 bits per heavy atom. The van der Waals surface area contributed by atoms with Crippen molar-refractivity contribution >= 4 is 0 Å². The van der Waals surface area contributed by atoms with Gasteiger partial charge in [-0.3, -0.25) is 0 Å². The highest BCUT2D eigenvalue weighted by Crippen LogP contribution is 2.15. The minimum Gasteiger partial charge on any atom is -0.378 e. The van der Waals surface area contributed by atoms with Crippen LogP contribution in [0.25, 0.3) is 0 Å². The lowest BCUT2D eigenvalue weighted by molar-refractivity contribution is 0.0114. The molecule has 0 aliphatic carbocycles. The van der Waals surface area contributed by atoms with E-state index in [0.717, 1.165) is 26.3 Å². The van der Waals surface area contributed by atoms with Gasteiger partial charge >= 0.3 is 0 Å². The number of hydrogen-bond acceptors (Lipinski definition) is 3. The van der Waals surface area contributed by atoms with E-state index in [9.17, 15) is 0 Å². The fourth-order valence-electron chi connectivity index (χ4n) is 2.56. The van der Waals surface area contributed by atoms with Crippen LogP contribution in [0.4, 0.5) is 0 Å². The Morgan fingerprint density at radius 3 is 1.94 bits per heavy atom. The summed E-state index contributed by atoms with van der Waals surface area (Å²) in [5.41, 5.74) is 0. The van der Waals surface area contributed by atoms with Crippen LogP contribution in [0.1, 0.15) is 44.9 Å². The summed E-state index contributed by atoms with van der Waals surface area (Å²) >= 11 is 0. The van der Waals surface area contributed by atoms with Crippen LogP contribution in [0.5, 0.6) is 0 Å². The molecule has 94 valence electrons. The van der Waals surface area contributed by atoms with Crippen molar-refractivity contribution in [2.24, 2.45) is 0 Å². The molecule has 0 aromatic rings. The van der Waals surface area contributed by atoms with Gasteiger partial charge in [0.1, 0.15) is 0 Å². The quantitative estimate of drug-likeness (QED) is 0.705. The van der Waals surface area contributed by atoms with Crippen LogP contribution in [0.3, 0.4) is 0 Å². The lowest BCUT2D eigenvalue weighted by atomic mass is 10.1. The van der Waals surface area contributed by atoms with Gasteiger partial charge in [0.15, 0.2) is 0 Å². The zero-order chi connectivity index (χ0) is 11.1.